The molecule has 0 bridgehead atoms. The molecule has 0 aliphatic heterocycles. The van der Waals surface area contributed by atoms with Crippen molar-refractivity contribution in [2.24, 2.45) is 0 Å². The number of hydrogen-bond acceptors (Lipinski definition) is 12. The summed E-state index contributed by atoms with van der Waals surface area (Å²) >= 11 is 0. The molecular weight excluding hydrogens is 743 g/mol. The summed E-state index contributed by atoms with van der Waals surface area (Å²) in [7, 11) is -5.12. The van der Waals surface area contributed by atoms with Crippen molar-refractivity contribution in [2.45, 2.75) is 191 Å². The molecule has 324 valence electrons. The third-order valence-corrected chi connectivity index (χ3v) is 10.4. The van der Waals surface area contributed by atoms with Gasteiger partial charge in [0.1, 0.15) is 43.2 Å². The Morgan fingerprint density at radius 1 is 0.571 bits per heavy atom. The molecule has 6 unspecified atom stereocenters. The Morgan fingerprint density at radius 2 is 1.02 bits per heavy atom. The van der Waals surface area contributed by atoms with Crippen molar-refractivity contribution >= 4 is 19.8 Å². The maximum Gasteiger partial charge on any atom is 0.472 e. The highest BCUT2D eigenvalue weighted by Gasteiger charge is 2.51. The zero-order chi connectivity index (χ0) is 41.4. The Balaban J connectivity index is 2.55. The van der Waals surface area contributed by atoms with Gasteiger partial charge in [-0.15, -0.1) is 0 Å². The van der Waals surface area contributed by atoms with Crippen molar-refractivity contribution in [3.05, 3.63) is 48.6 Å². The van der Waals surface area contributed by atoms with Gasteiger partial charge in [0.05, 0.1) is 6.61 Å². The molecule has 0 aromatic rings. The lowest BCUT2D eigenvalue weighted by Crippen LogP contribution is -2.64. The van der Waals surface area contributed by atoms with E-state index in [1.54, 1.807) is 0 Å². The van der Waals surface area contributed by atoms with E-state index in [1.165, 1.54) is 51.4 Å². The first kappa shape index (κ1) is 51.8. The summed E-state index contributed by atoms with van der Waals surface area (Å²) in [6, 6.07) is 0. The van der Waals surface area contributed by atoms with Gasteiger partial charge in [0, 0.05) is 12.8 Å². The molecule has 8 atom stereocenters. The fourth-order valence-electron chi connectivity index (χ4n) is 6.04. The number of allylic oxidation sites excluding steroid dienone is 8. The van der Waals surface area contributed by atoms with Crippen LogP contribution in [0.3, 0.4) is 0 Å². The largest absolute Gasteiger partial charge is 0.472 e. The van der Waals surface area contributed by atoms with Gasteiger partial charge >= 0.3 is 19.8 Å². The van der Waals surface area contributed by atoms with Crippen LogP contribution in [0.1, 0.15) is 149 Å². The third-order valence-electron chi connectivity index (χ3n) is 9.43. The first-order chi connectivity index (χ1) is 26.9. The average molecular weight is 817 g/mol. The molecule has 1 saturated carbocycles. The van der Waals surface area contributed by atoms with Gasteiger partial charge in [0.25, 0.3) is 0 Å². The number of hydrogen-bond donors (Lipinski definition) is 6. The lowest BCUT2D eigenvalue weighted by Gasteiger charge is -2.41. The maximum absolute atomic E-state index is 12.8. The van der Waals surface area contributed by atoms with Gasteiger partial charge in [0.2, 0.25) is 0 Å². The van der Waals surface area contributed by atoms with E-state index in [-0.39, 0.29) is 12.8 Å². The van der Waals surface area contributed by atoms with Crippen LogP contribution in [0.4, 0.5) is 0 Å². The molecule has 0 spiro atoms. The van der Waals surface area contributed by atoms with Crippen LogP contribution in [0, 0.1) is 0 Å². The number of unbranched alkanes of at least 4 members (excludes halogenated alkanes) is 13. The van der Waals surface area contributed by atoms with Crippen LogP contribution in [0.15, 0.2) is 48.6 Å². The maximum atomic E-state index is 12.8. The number of rotatable bonds is 33. The Kier molecular flexibility index (Phi) is 30.3. The summed E-state index contributed by atoms with van der Waals surface area (Å²) in [5.41, 5.74) is 0. The van der Waals surface area contributed by atoms with Crippen molar-refractivity contribution in [3.8, 4) is 0 Å². The van der Waals surface area contributed by atoms with Gasteiger partial charge in [-0.25, -0.2) is 4.57 Å². The molecule has 14 heteroatoms. The smallest absolute Gasteiger partial charge is 0.462 e. The molecule has 1 aliphatic rings. The first-order valence-electron chi connectivity index (χ1n) is 20.9. The number of aliphatic hydroxyl groups is 5. The molecule has 6 N–H and O–H groups in total. The van der Waals surface area contributed by atoms with Crippen molar-refractivity contribution in [1.29, 1.82) is 0 Å². The number of carbonyl (C=O) groups excluding carboxylic acids is 2. The predicted octanol–water partition coefficient (Wildman–Crippen LogP) is 7.22. The monoisotopic (exact) mass is 816 g/mol. The van der Waals surface area contributed by atoms with Gasteiger partial charge in [-0.1, -0.05) is 133 Å². The van der Waals surface area contributed by atoms with Crippen LogP contribution in [0.5, 0.6) is 0 Å². The van der Waals surface area contributed by atoms with Gasteiger partial charge in [-0.3, -0.25) is 18.6 Å². The molecule has 0 saturated heterocycles. The van der Waals surface area contributed by atoms with Gasteiger partial charge in [-0.05, 0) is 51.4 Å². The molecule has 1 aliphatic carbocycles. The SMILES string of the molecule is CC/C=C/C/C=C/C/C=C/C/C=C/CCCCC(=O)O[C@H](COC(=O)CCCCCCCCCCCCCC)COP(=O)(O)OC1C(O)C(O)C(O)[C@H](O)C1O. The van der Waals surface area contributed by atoms with Crippen molar-refractivity contribution < 1.29 is 63.1 Å². The van der Waals surface area contributed by atoms with Gasteiger partial charge in [-0.2, -0.15) is 0 Å². The highest BCUT2D eigenvalue weighted by molar-refractivity contribution is 7.47. The van der Waals surface area contributed by atoms with E-state index in [0.717, 1.165) is 57.8 Å². The second kappa shape index (κ2) is 32.7. The zero-order valence-corrected chi connectivity index (χ0v) is 34.8. The lowest BCUT2D eigenvalue weighted by atomic mass is 9.85. The van der Waals surface area contributed by atoms with E-state index in [9.17, 15) is 44.6 Å². The molecule has 0 radical (unpaired) electrons. The van der Waals surface area contributed by atoms with E-state index in [4.69, 9.17) is 18.5 Å². The van der Waals surface area contributed by atoms with E-state index >= 15 is 0 Å². The average Bonchev–Trinajstić information content (AvgIpc) is 3.18. The molecular formula is C42H73O13P. The Morgan fingerprint density at radius 3 is 1.55 bits per heavy atom. The normalized spacial score (nSPS) is 23.4. The van der Waals surface area contributed by atoms with E-state index in [2.05, 4.69) is 56.4 Å². The fourth-order valence-corrected chi connectivity index (χ4v) is 7.01. The molecule has 0 amide bonds. The molecule has 1 rings (SSSR count). The lowest BCUT2D eigenvalue weighted by molar-refractivity contribution is -0.220. The summed E-state index contributed by atoms with van der Waals surface area (Å²) in [5.74, 6) is -1.15. The summed E-state index contributed by atoms with van der Waals surface area (Å²) < 4.78 is 33.4. The fraction of sp³-hybridized carbons (Fsp3) is 0.762. The summed E-state index contributed by atoms with van der Waals surface area (Å²) in [6.45, 7) is 3.12. The van der Waals surface area contributed by atoms with E-state index in [1.807, 2.05) is 6.08 Å². The molecule has 1 fully saturated rings. The van der Waals surface area contributed by atoms with Crippen LogP contribution in [-0.2, 0) is 32.7 Å². The van der Waals surface area contributed by atoms with E-state index in [0.29, 0.717) is 12.8 Å². The van der Waals surface area contributed by atoms with Crippen LogP contribution in [0.2, 0.25) is 0 Å². The number of phosphoric ester groups is 1. The van der Waals surface area contributed by atoms with Crippen LogP contribution in [0.25, 0.3) is 0 Å². The zero-order valence-electron chi connectivity index (χ0n) is 33.9. The van der Waals surface area contributed by atoms with Gasteiger partial charge in [0.15, 0.2) is 6.10 Å². The second-order valence-corrected chi connectivity index (χ2v) is 15.9. The first-order valence-corrected chi connectivity index (χ1v) is 22.4. The minimum atomic E-state index is -5.12. The molecule has 0 aromatic heterocycles. The highest BCUT2D eigenvalue weighted by Crippen LogP contribution is 2.47. The Labute approximate surface area is 335 Å². The number of esters is 2. The van der Waals surface area contributed by atoms with Crippen LogP contribution in [-0.4, -0.2) is 98.3 Å². The summed E-state index contributed by atoms with van der Waals surface area (Å²) in [6.07, 6.45) is 23.2. The minimum absolute atomic E-state index is 0.0443. The molecule has 0 aromatic carbocycles. The Hall–Kier alpha value is -2.19. The molecule has 56 heavy (non-hydrogen) atoms. The number of aliphatic hydroxyl groups excluding tert-OH is 5. The van der Waals surface area contributed by atoms with Crippen LogP contribution < -0.4 is 0 Å². The third kappa shape index (κ3) is 25.2. The van der Waals surface area contributed by atoms with E-state index < -0.39 is 75.7 Å². The predicted molar refractivity (Wildman–Crippen MR) is 216 cm³/mol. The highest BCUT2D eigenvalue weighted by atomic mass is 31.2. The van der Waals surface area contributed by atoms with Gasteiger partial charge < -0.3 is 39.9 Å². The van der Waals surface area contributed by atoms with Crippen LogP contribution >= 0.6 is 7.82 Å². The topological polar surface area (TPSA) is 210 Å². The quantitative estimate of drug-likeness (QED) is 0.0168. The number of carbonyl (C=O) groups is 2. The molecule has 13 nitrogen and oxygen atoms in total. The summed E-state index contributed by atoms with van der Waals surface area (Å²) in [4.78, 5) is 35.5. The second-order valence-electron chi connectivity index (χ2n) is 14.5. The van der Waals surface area contributed by atoms with Crippen molar-refractivity contribution in [1.82, 2.24) is 0 Å². The number of phosphoric acid groups is 1. The standard InChI is InChI=1S/C42H73O13P/c1-3-5-7-9-11-13-15-17-18-19-21-23-25-27-29-31-36(44)54-34(32-52-35(43)30-28-26-24-22-20-16-14-12-10-8-6-4-2)33-53-56(50,51)55-42-40(48)38(46)37(45)39(47)41(42)49/h5,7,11,13,17-18,21,23,34,37-42,45-49H,3-4,6,8-10,12,14-16,19-20,22,24-33H2,1-2H3,(H,50,51)/b7-5+,13-11+,18-17+,23-21+/t34-,37?,38+,39?,40?,41?,42?/m1/s1. The summed E-state index contributed by atoms with van der Waals surface area (Å²) in [5, 5.41) is 50.0. The Bertz CT molecular complexity index is 1170. The van der Waals surface area contributed by atoms with Crippen molar-refractivity contribution in [3.63, 3.8) is 0 Å². The molecule has 0 heterocycles. The number of ether oxygens (including phenoxy) is 2. The van der Waals surface area contributed by atoms with Crippen molar-refractivity contribution in [2.75, 3.05) is 13.2 Å². The minimum Gasteiger partial charge on any atom is -0.462 e.